The quantitative estimate of drug-likeness (QED) is 0.709. The fourth-order valence-corrected chi connectivity index (χ4v) is 3.30. The fourth-order valence-electron chi connectivity index (χ4n) is 3.30. The van der Waals surface area contributed by atoms with Crippen LogP contribution in [0.25, 0.3) is 11.0 Å². The highest BCUT2D eigenvalue weighted by atomic mass is 16.3. The summed E-state index contributed by atoms with van der Waals surface area (Å²) < 4.78 is 5.95. The minimum absolute atomic E-state index is 0.164. The maximum Gasteiger partial charge on any atom is 0.197 e. The van der Waals surface area contributed by atoms with Crippen molar-refractivity contribution in [3.05, 3.63) is 45.8 Å². The van der Waals surface area contributed by atoms with Crippen molar-refractivity contribution >= 4 is 11.0 Å². The highest BCUT2D eigenvalue weighted by Gasteiger charge is 2.32. The predicted molar refractivity (Wildman–Crippen MR) is 69.6 cm³/mol. The first-order chi connectivity index (χ1) is 8.83. The van der Waals surface area contributed by atoms with Crippen LogP contribution in [0, 0.1) is 0 Å². The lowest BCUT2D eigenvalue weighted by Gasteiger charge is -2.29. The van der Waals surface area contributed by atoms with E-state index in [-0.39, 0.29) is 5.43 Å². The molecule has 0 aliphatic carbocycles. The molecule has 0 N–H and O–H groups in total. The molecule has 3 heteroatoms. The van der Waals surface area contributed by atoms with E-state index in [1.165, 1.54) is 12.8 Å². The fraction of sp³-hybridized carbons (Fsp3) is 0.400. The molecular weight excluding hydrogens is 226 g/mol. The van der Waals surface area contributed by atoms with Crippen LogP contribution in [0.15, 0.2) is 33.5 Å². The summed E-state index contributed by atoms with van der Waals surface area (Å²) in [6.45, 7) is 1.89. The van der Waals surface area contributed by atoms with Crippen LogP contribution in [0.2, 0.25) is 0 Å². The third kappa shape index (κ3) is 1.37. The molecule has 0 saturated carbocycles. The van der Waals surface area contributed by atoms with Crippen LogP contribution in [0.1, 0.15) is 24.2 Å². The third-order valence-corrected chi connectivity index (χ3v) is 4.26. The Morgan fingerprint density at radius 3 is 3.11 bits per heavy atom. The first-order valence-corrected chi connectivity index (χ1v) is 6.60. The minimum atomic E-state index is 0.164. The standard InChI is InChI=1S/C15H15NO2/c17-15-11-5-1-2-6-13(11)18-14-8-10-4-3-7-16(10)9-12(14)15/h1-2,5-6,10H,3-4,7-9H2. The van der Waals surface area contributed by atoms with Crippen LogP contribution in [-0.2, 0) is 13.0 Å². The van der Waals surface area contributed by atoms with E-state index in [1.807, 2.05) is 24.3 Å². The Hall–Kier alpha value is -1.61. The Kier molecular flexibility index (Phi) is 2.12. The van der Waals surface area contributed by atoms with Gasteiger partial charge in [-0.2, -0.15) is 0 Å². The molecule has 3 nitrogen and oxygen atoms in total. The largest absolute Gasteiger partial charge is 0.460 e. The lowest BCUT2D eigenvalue weighted by molar-refractivity contribution is 0.211. The number of fused-ring (bicyclic) bond motifs is 3. The Balaban J connectivity index is 1.95. The predicted octanol–water partition coefficient (Wildman–Crippen LogP) is 2.31. The molecule has 0 spiro atoms. The molecule has 1 fully saturated rings. The first-order valence-electron chi connectivity index (χ1n) is 6.60. The molecule has 2 aliphatic rings. The van der Waals surface area contributed by atoms with Gasteiger partial charge < -0.3 is 4.42 Å². The molecule has 92 valence electrons. The van der Waals surface area contributed by atoms with Gasteiger partial charge >= 0.3 is 0 Å². The van der Waals surface area contributed by atoms with Crippen molar-refractivity contribution in [1.82, 2.24) is 4.90 Å². The van der Waals surface area contributed by atoms with Gasteiger partial charge in [0, 0.05) is 19.0 Å². The summed E-state index contributed by atoms with van der Waals surface area (Å²) in [4.78, 5) is 14.9. The molecule has 2 aliphatic heterocycles. The van der Waals surface area contributed by atoms with Crippen molar-refractivity contribution in [2.75, 3.05) is 6.54 Å². The number of nitrogens with zero attached hydrogens (tertiary/aromatic N) is 1. The monoisotopic (exact) mass is 241 g/mol. The molecular formula is C15H15NO2. The summed E-state index contributed by atoms with van der Waals surface area (Å²) in [5.74, 6) is 0.918. The number of hydrogen-bond donors (Lipinski definition) is 0. The van der Waals surface area contributed by atoms with Crippen molar-refractivity contribution in [3.8, 4) is 0 Å². The average Bonchev–Trinajstić information content (AvgIpc) is 2.84. The lowest BCUT2D eigenvalue weighted by atomic mass is 9.99. The average molecular weight is 241 g/mol. The molecule has 18 heavy (non-hydrogen) atoms. The maximum atomic E-state index is 12.5. The van der Waals surface area contributed by atoms with Crippen LogP contribution < -0.4 is 5.43 Å². The van der Waals surface area contributed by atoms with Crippen molar-refractivity contribution in [3.63, 3.8) is 0 Å². The number of para-hydroxylation sites is 1. The van der Waals surface area contributed by atoms with E-state index in [0.717, 1.165) is 36.4 Å². The van der Waals surface area contributed by atoms with E-state index in [0.29, 0.717) is 11.4 Å². The van der Waals surface area contributed by atoms with Gasteiger partial charge in [-0.3, -0.25) is 9.69 Å². The smallest absolute Gasteiger partial charge is 0.197 e. The zero-order chi connectivity index (χ0) is 12.1. The second-order valence-corrected chi connectivity index (χ2v) is 5.30. The number of hydrogen-bond acceptors (Lipinski definition) is 3. The summed E-state index contributed by atoms with van der Waals surface area (Å²) in [6, 6.07) is 8.15. The molecule has 1 aromatic carbocycles. The molecule has 4 rings (SSSR count). The van der Waals surface area contributed by atoms with Crippen LogP contribution in [-0.4, -0.2) is 17.5 Å². The summed E-state index contributed by atoms with van der Waals surface area (Å²) >= 11 is 0. The zero-order valence-corrected chi connectivity index (χ0v) is 10.2. The van der Waals surface area contributed by atoms with Crippen LogP contribution in [0.5, 0.6) is 0 Å². The molecule has 1 aromatic heterocycles. The summed E-state index contributed by atoms with van der Waals surface area (Å²) in [5.41, 5.74) is 1.77. The Morgan fingerprint density at radius 1 is 1.28 bits per heavy atom. The van der Waals surface area contributed by atoms with E-state index in [1.54, 1.807) is 0 Å². The normalized spacial score (nSPS) is 23.0. The van der Waals surface area contributed by atoms with E-state index in [9.17, 15) is 4.79 Å². The SMILES string of the molecule is O=c1c2c(oc3ccccc13)CC1CCCN1C2. The Bertz CT molecular complexity index is 674. The van der Waals surface area contributed by atoms with Gasteiger partial charge in [0.15, 0.2) is 5.43 Å². The van der Waals surface area contributed by atoms with E-state index in [2.05, 4.69) is 4.90 Å². The summed E-state index contributed by atoms with van der Waals surface area (Å²) in [7, 11) is 0. The maximum absolute atomic E-state index is 12.5. The second kappa shape index (κ2) is 3.69. The van der Waals surface area contributed by atoms with Gasteiger partial charge in [-0.15, -0.1) is 0 Å². The molecule has 0 radical (unpaired) electrons. The number of rotatable bonds is 0. The van der Waals surface area contributed by atoms with Gasteiger partial charge in [-0.25, -0.2) is 0 Å². The minimum Gasteiger partial charge on any atom is -0.460 e. The molecule has 1 saturated heterocycles. The van der Waals surface area contributed by atoms with Crippen LogP contribution in [0.4, 0.5) is 0 Å². The third-order valence-electron chi connectivity index (χ3n) is 4.26. The molecule has 1 unspecified atom stereocenters. The summed E-state index contributed by atoms with van der Waals surface area (Å²) in [5, 5.41) is 0.717. The van der Waals surface area contributed by atoms with E-state index in [4.69, 9.17) is 4.42 Å². The molecule has 0 bridgehead atoms. The highest BCUT2D eigenvalue weighted by Crippen LogP contribution is 2.30. The topological polar surface area (TPSA) is 33.5 Å². The number of benzene rings is 1. The zero-order valence-electron chi connectivity index (χ0n) is 10.2. The highest BCUT2D eigenvalue weighted by molar-refractivity contribution is 5.77. The van der Waals surface area contributed by atoms with Gasteiger partial charge in [-0.05, 0) is 31.5 Å². The molecule has 1 atom stereocenters. The van der Waals surface area contributed by atoms with Gasteiger partial charge in [0.2, 0.25) is 0 Å². The molecule has 0 amide bonds. The van der Waals surface area contributed by atoms with Crippen molar-refractivity contribution in [2.24, 2.45) is 0 Å². The first kappa shape index (κ1) is 10.3. The molecule has 2 aromatic rings. The van der Waals surface area contributed by atoms with Crippen LogP contribution >= 0.6 is 0 Å². The Morgan fingerprint density at radius 2 is 2.17 bits per heavy atom. The van der Waals surface area contributed by atoms with E-state index >= 15 is 0 Å². The Labute approximate surface area is 105 Å². The molecule has 3 heterocycles. The van der Waals surface area contributed by atoms with Gasteiger partial charge in [-0.1, -0.05) is 12.1 Å². The van der Waals surface area contributed by atoms with Crippen molar-refractivity contribution in [1.29, 1.82) is 0 Å². The van der Waals surface area contributed by atoms with Crippen molar-refractivity contribution in [2.45, 2.75) is 31.8 Å². The lowest BCUT2D eigenvalue weighted by Crippen LogP contribution is -2.38. The van der Waals surface area contributed by atoms with Crippen LogP contribution in [0.3, 0.4) is 0 Å². The summed E-state index contributed by atoms with van der Waals surface area (Å²) in [6.07, 6.45) is 3.37. The van der Waals surface area contributed by atoms with Crippen molar-refractivity contribution < 1.29 is 4.42 Å². The van der Waals surface area contributed by atoms with Gasteiger partial charge in [0.25, 0.3) is 0 Å². The van der Waals surface area contributed by atoms with E-state index < -0.39 is 0 Å². The second-order valence-electron chi connectivity index (χ2n) is 5.30. The van der Waals surface area contributed by atoms with Gasteiger partial charge in [0.1, 0.15) is 11.3 Å². The van der Waals surface area contributed by atoms with Gasteiger partial charge in [0.05, 0.1) is 10.9 Å².